The van der Waals surface area contributed by atoms with Gasteiger partial charge in [-0.05, 0) is 46.7 Å². The Morgan fingerprint density at radius 2 is 1.83 bits per heavy atom. The summed E-state index contributed by atoms with van der Waals surface area (Å²) in [5.41, 5.74) is 2.17. The lowest BCUT2D eigenvalue weighted by atomic mass is 10.3. The SMILES string of the molecule is CCN(Cc1ccccn1)Cc1ccc(Br)cn1. The van der Waals surface area contributed by atoms with Gasteiger partial charge < -0.3 is 0 Å². The fourth-order valence-electron chi connectivity index (χ4n) is 1.73. The molecule has 2 aromatic rings. The average Bonchev–Trinajstić information content (AvgIpc) is 2.41. The van der Waals surface area contributed by atoms with E-state index in [4.69, 9.17) is 0 Å². The predicted molar refractivity (Wildman–Crippen MR) is 76.0 cm³/mol. The fourth-order valence-corrected chi connectivity index (χ4v) is 1.96. The third-order valence-electron chi connectivity index (χ3n) is 2.73. The molecule has 2 aromatic heterocycles. The average molecular weight is 306 g/mol. The van der Waals surface area contributed by atoms with Crippen LogP contribution in [-0.4, -0.2) is 21.4 Å². The summed E-state index contributed by atoms with van der Waals surface area (Å²) in [7, 11) is 0. The molecule has 0 amide bonds. The van der Waals surface area contributed by atoms with Crippen molar-refractivity contribution < 1.29 is 0 Å². The van der Waals surface area contributed by atoms with Gasteiger partial charge in [0, 0.05) is 30.0 Å². The van der Waals surface area contributed by atoms with Crippen LogP contribution in [0.15, 0.2) is 47.2 Å². The van der Waals surface area contributed by atoms with Gasteiger partial charge in [-0.1, -0.05) is 13.0 Å². The van der Waals surface area contributed by atoms with Crippen molar-refractivity contribution in [2.75, 3.05) is 6.54 Å². The smallest absolute Gasteiger partial charge is 0.0544 e. The molecular weight excluding hydrogens is 290 g/mol. The second-order valence-electron chi connectivity index (χ2n) is 4.09. The molecule has 94 valence electrons. The van der Waals surface area contributed by atoms with Crippen LogP contribution < -0.4 is 0 Å². The first-order chi connectivity index (χ1) is 8.78. The summed E-state index contributed by atoms with van der Waals surface area (Å²) in [4.78, 5) is 11.1. The normalized spacial score (nSPS) is 10.8. The topological polar surface area (TPSA) is 29.0 Å². The first-order valence-electron chi connectivity index (χ1n) is 6.00. The molecule has 0 aromatic carbocycles. The molecular formula is C14H16BrN3. The maximum absolute atomic E-state index is 4.40. The molecule has 2 rings (SSSR count). The minimum atomic E-state index is 0.848. The molecule has 0 unspecified atom stereocenters. The molecule has 0 aliphatic carbocycles. The second-order valence-corrected chi connectivity index (χ2v) is 5.01. The Labute approximate surface area is 116 Å². The van der Waals surface area contributed by atoms with Crippen molar-refractivity contribution in [1.29, 1.82) is 0 Å². The zero-order valence-electron chi connectivity index (χ0n) is 10.4. The van der Waals surface area contributed by atoms with E-state index in [1.165, 1.54) is 0 Å². The van der Waals surface area contributed by atoms with Gasteiger partial charge in [-0.3, -0.25) is 14.9 Å². The van der Waals surface area contributed by atoms with Crippen LogP contribution in [0.25, 0.3) is 0 Å². The largest absolute Gasteiger partial charge is 0.292 e. The summed E-state index contributed by atoms with van der Waals surface area (Å²) in [5, 5.41) is 0. The highest BCUT2D eigenvalue weighted by Crippen LogP contribution is 2.10. The van der Waals surface area contributed by atoms with Gasteiger partial charge in [-0.15, -0.1) is 0 Å². The van der Waals surface area contributed by atoms with E-state index in [0.717, 1.165) is 35.5 Å². The van der Waals surface area contributed by atoms with Gasteiger partial charge in [-0.2, -0.15) is 0 Å². The highest BCUT2D eigenvalue weighted by Gasteiger charge is 2.06. The van der Waals surface area contributed by atoms with E-state index in [1.54, 1.807) is 0 Å². The number of pyridine rings is 2. The number of rotatable bonds is 5. The van der Waals surface area contributed by atoms with Crippen molar-refractivity contribution >= 4 is 15.9 Å². The molecule has 0 spiro atoms. The van der Waals surface area contributed by atoms with Crippen LogP contribution >= 0.6 is 15.9 Å². The number of hydrogen-bond acceptors (Lipinski definition) is 3. The summed E-state index contributed by atoms with van der Waals surface area (Å²) < 4.78 is 1.01. The summed E-state index contributed by atoms with van der Waals surface area (Å²) in [6.07, 6.45) is 3.67. The van der Waals surface area contributed by atoms with Gasteiger partial charge in [0.05, 0.1) is 11.4 Å². The lowest BCUT2D eigenvalue weighted by Gasteiger charge is -2.19. The van der Waals surface area contributed by atoms with Gasteiger partial charge >= 0.3 is 0 Å². The molecule has 4 heteroatoms. The molecule has 0 radical (unpaired) electrons. The molecule has 0 saturated carbocycles. The Bertz CT molecular complexity index is 470. The van der Waals surface area contributed by atoms with E-state index >= 15 is 0 Å². The third kappa shape index (κ3) is 3.89. The van der Waals surface area contributed by atoms with Crippen molar-refractivity contribution in [3.05, 3.63) is 58.6 Å². The minimum Gasteiger partial charge on any atom is -0.292 e. The fraction of sp³-hybridized carbons (Fsp3) is 0.286. The molecule has 18 heavy (non-hydrogen) atoms. The molecule has 0 bridgehead atoms. The molecule has 0 atom stereocenters. The summed E-state index contributed by atoms with van der Waals surface area (Å²) >= 11 is 3.40. The van der Waals surface area contributed by atoms with Gasteiger partial charge in [-0.25, -0.2) is 0 Å². The zero-order valence-corrected chi connectivity index (χ0v) is 12.0. The maximum atomic E-state index is 4.40. The van der Waals surface area contributed by atoms with Crippen LogP contribution in [0.1, 0.15) is 18.3 Å². The van der Waals surface area contributed by atoms with E-state index in [9.17, 15) is 0 Å². The molecule has 0 N–H and O–H groups in total. The van der Waals surface area contributed by atoms with Gasteiger partial charge in [0.25, 0.3) is 0 Å². The summed E-state index contributed by atoms with van der Waals surface area (Å²) in [6, 6.07) is 10.1. The van der Waals surface area contributed by atoms with Crippen LogP contribution in [0, 0.1) is 0 Å². The van der Waals surface area contributed by atoms with Crippen LogP contribution in [0.2, 0.25) is 0 Å². The molecule has 2 heterocycles. The Hall–Kier alpha value is -1.26. The Kier molecular flexibility index (Phi) is 4.84. The highest BCUT2D eigenvalue weighted by atomic mass is 79.9. The van der Waals surface area contributed by atoms with E-state index in [0.29, 0.717) is 0 Å². The van der Waals surface area contributed by atoms with Crippen molar-refractivity contribution in [3.8, 4) is 0 Å². The predicted octanol–water partition coefficient (Wildman–Crippen LogP) is 3.26. The van der Waals surface area contributed by atoms with Gasteiger partial charge in [0.15, 0.2) is 0 Å². The Morgan fingerprint density at radius 3 is 2.39 bits per heavy atom. The molecule has 0 fully saturated rings. The van der Waals surface area contributed by atoms with Crippen molar-refractivity contribution in [2.45, 2.75) is 20.0 Å². The van der Waals surface area contributed by atoms with Crippen LogP contribution in [0.4, 0.5) is 0 Å². The van der Waals surface area contributed by atoms with Crippen molar-refractivity contribution in [2.24, 2.45) is 0 Å². The zero-order chi connectivity index (χ0) is 12.8. The minimum absolute atomic E-state index is 0.848. The van der Waals surface area contributed by atoms with Crippen molar-refractivity contribution in [1.82, 2.24) is 14.9 Å². The van der Waals surface area contributed by atoms with Gasteiger partial charge in [0.1, 0.15) is 0 Å². The molecule has 0 saturated heterocycles. The van der Waals surface area contributed by atoms with Crippen LogP contribution in [-0.2, 0) is 13.1 Å². The van der Waals surface area contributed by atoms with E-state index < -0.39 is 0 Å². The standard InChI is InChI=1S/C14H16BrN3/c1-2-18(10-13-5-3-4-8-16-13)11-14-7-6-12(15)9-17-14/h3-9H,2,10-11H2,1H3. The van der Waals surface area contributed by atoms with Crippen LogP contribution in [0.3, 0.4) is 0 Å². The lowest BCUT2D eigenvalue weighted by Crippen LogP contribution is -2.23. The Balaban J connectivity index is 1.99. The highest BCUT2D eigenvalue weighted by molar-refractivity contribution is 9.10. The lowest BCUT2D eigenvalue weighted by molar-refractivity contribution is 0.265. The monoisotopic (exact) mass is 305 g/mol. The van der Waals surface area contributed by atoms with E-state index in [2.05, 4.69) is 43.8 Å². The number of halogens is 1. The van der Waals surface area contributed by atoms with Crippen molar-refractivity contribution in [3.63, 3.8) is 0 Å². The Morgan fingerprint density at radius 1 is 1.06 bits per heavy atom. The molecule has 3 nitrogen and oxygen atoms in total. The maximum Gasteiger partial charge on any atom is 0.0544 e. The first kappa shape index (κ1) is 13.2. The molecule has 0 aliphatic heterocycles. The first-order valence-corrected chi connectivity index (χ1v) is 6.80. The van der Waals surface area contributed by atoms with E-state index in [-0.39, 0.29) is 0 Å². The van der Waals surface area contributed by atoms with Gasteiger partial charge in [0.2, 0.25) is 0 Å². The summed E-state index contributed by atoms with van der Waals surface area (Å²) in [5.74, 6) is 0. The van der Waals surface area contributed by atoms with E-state index in [1.807, 2.05) is 36.7 Å². The number of aromatic nitrogens is 2. The number of hydrogen-bond donors (Lipinski definition) is 0. The second kappa shape index (κ2) is 6.61. The van der Waals surface area contributed by atoms with Crippen LogP contribution in [0.5, 0.6) is 0 Å². The summed E-state index contributed by atoms with van der Waals surface area (Å²) in [6.45, 7) is 4.84. The molecule has 0 aliphatic rings. The number of nitrogens with zero attached hydrogens (tertiary/aromatic N) is 3. The quantitative estimate of drug-likeness (QED) is 0.849. The third-order valence-corrected chi connectivity index (χ3v) is 3.20.